The molecule has 0 amide bonds. The molecule has 12 nitrogen and oxygen atoms in total. The van der Waals surface area contributed by atoms with Crippen molar-refractivity contribution < 1.29 is 21.9 Å². The van der Waals surface area contributed by atoms with E-state index in [-0.39, 0.29) is 5.82 Å². The molecule has 2 aliphatic heterocycles. The van der Waals surface area contributed by atoms with Gasteiger partial charge in [0.1, 0.15) is 11.3 Å². The van der Waals surface area contributed by atoms with Gasteiger partial charge in [0.2, 0.25) is 16.0 Å². The first-order chi connectivity index (χ1) is 18.8. The van der Waals surface area contributed by atoms with Crippen LogP contribution in [0.1, 0.15) is 18.1 Å². The van der Waals surface area contributed by atoms with Gasteiger partial charge < -0.3 is 19.5 Å². The molecule has 0 aliphatic carbocycles. The number of hydrogen-bond acceptors (Lipinski definition) is 9. The molecule has 2 saturated heterocycles. The molecule has 15 heteroatoms. The van der Waals surface area contributed by atoms with E-state index < -0.39 is 22.3 Å². The number of anilines is 1. The Morgan fingerprint density at radius 3 is 2.46 bits per heavy atom. The highest BCUT2D eigenvalue weighted by atomic mass is 32.2. The number of rotatable bonds is 7. The van der Waals surface area contributed by atoms with Gasteiger partial charge in [-0.1, -0.05) is 12.1 Å². The van der Waals surface area contributed by atoms with Gasteiger partial charge in [-0.2, -0.15) is 14.3 Å². The van der Waals surface area contributed by atoms with Crippen molar-refractivity contribution in [2.75, 3.05) is 70.2 Å². The molecule has 4 aromatic rings. The molecule has 1 N–H and O–H groups in total. The maximum absolute atomic E-state index is 14.2. The van der Waals surface area contributed by atoms with E-state index in [2.05, 4.69) is 19.9 Å². The molecule has 0 bridgehead atoms. The van der Waals surface area contributed by atoms with Gasteiger partial charge >= 0.3 is 0 Å². The number of H-pyrrole nitrogens is 1. The third-order valence-corrected chi connectivity index (χ3v) is 8.43. The molecule has 0 saturated carbocycles. The minimum Gasteiger partial charge on any atom is -0.378 e. The second-order valence-corrected chi connectivity index (χ2v) is 11.7. The number of nitrogens with zero attached hydrogens (tertiary/aromatic N) is 8. The molecule has 0 unspecified atom stereocenters. The van der Waals surface area contributed by atoms with Gasteiger partial charge in [-0.3, -0.25) is 4.57 Å². The van der Waals surface area contributed by atoms with Crippen LogP contribution in [0, 0.1) is 0 Å². The molecular weight excluding hydrogens is 532 g/mol. The van der Waals surface area contributed by atoms with Crippen LogP contribution >= 0.6 is 0 Å². The average Bonchev–Trinajstić information content (AvgIpc) is 3.53. The van der Waals surface area contributed by atoms with E-state index in [4.69, 9.17) is 14.7 Å². The molecule has 39 heavy (non-hydrogen) atoms. The molecule has 0 spiro atoms. The lowest BCUT2D eigenvalue weighted by Gasteiger charge is -2.32. The first-order valence-electron chi connectivity index (χ1n) is 12.8. The zero-order chi connectivity index (χ0) is 27.1. The summed E-state index contributed by atoms with van der Waals surface area (Å²) in [6.45, 7) is 4.99. The summed E-state index contributed by atoms with van der Waals surface area (Å²) in [4.78, 5) is 25.8. The summed E-state index contributed by atoms with van der Waals surface area (Å²) in [7, 11) is -3.20. The number of alkyl halides is 2. The highest BCUT2D eigenvalue weighted by molar-refractivity contribution is 7.88. The SMILES string of the molecule is CS(=O)(=O)N1CCN(CCc2nc3nc(N4CCOCC4)nc(-n4c(C(F)F)nc5ccccc54)c3[nH]2)CC1. The van der Waals surface area contributed by atoms with Gasteiger partial charge in [0, 0.05) is 52.2 Å². The number of benzene rings is 1. The van der Waals surface area contributed by atoms with Crippen molar-refractivity contribution in [1.82, 2.24) is 38.7 Å². The number of para-hydroxylation sites is 2. The van der Waals surface area contributed by atoms with E-state index in [9.17, 15) is 17.2 Å². The first kappa shape index (κ1) is 26.0. The summed E-state index contributed by atoms with van der Waals surface area (Å²) in [6.07, 6.45) is -1.04. The number of nitrogens with one attached hydrogen (secondary N) is 1. The van der Waals surface area contributed by atoms with Crippen molar-refractivity contribution in [2.24, 2.45) is 0 Å². The Hall–Kier alpha value is -3.27. The van der Waals surface area contributed by atoms with Crippen molar-refractivity contribution in [1.29, 1.82) is 0 Å². The summed E-state index contributed by atoms with van der Waals surface area (Å²) in [5.41, 5.74) is 1.80. The summed E-state index contributed by atoms with van der Waals surface area (Å²) < 4.78 is 60.4. The molecule has 0 radical (unpaired) electrons. The molecule has 208 valence electrons. The van der Waals surface area contributed by atoms with Crippen LogP contribution in [0.3, 0.4) is 0 Å². The molecule has 2 aliphatic rings. The molecule has 2 fully saturated rings. The van der Waals surface area contributed by atoms with E-state index in [1.165, 1.54) is 15.1 Å². The fourth-order valence-corrected chi connectivity index (χ4v) is 5.89. The van der Waals surface area contributed by atoms with Crippen molar-refractivity contribution in [2.45, 2.75) is 12.8 Å². The molecule has 3 aromatic heterocycles. The van der Waals surface area contributed by atoms with Crippen LogP contribution in [0.15, 0.2) is 24.3 Å². The number of halogens is 2. The Kier molecular flexibility index (Phi) is 6.91. The lowest BCUT2D eigenvalue weighted by atomic mass is 10.3. The van der Waals surface area contributed by atoms with Crippen LogP contribution in [-0.2, 0) is 21.2 Å². The summed E-state index contributed by atoms with van der Waals surface area (Å²) in [6, 6.07) is 6.97. The number of piperazine rings is 1. The standard InChI is InChI=1S/C24H29F2N9O3S/c1-39(36,37)34-10-8-32(9-11-34)7-6-18-28-19-21(29-18)30-24(33-12-14-38-15-13-33)31-22(19)35-17-5-3-2-4-16(17)27-23(35)20(25)26/h2-5,20H,6-15H2,1H3,(H,28,29,30,31). The Labute approximate surface area is 223 Å². The fraction of sp³-hybridized carbons (Fsp3) is 0.500. The Balaban J connectivity index is 1.37. The van der Waals surface area contributed by atoms with Crippen molar-refractivity contribution in [3.63, 3.8) is 0 Å². The van der Waals surface area contributed by atoms with Crippen LogP contribution in [0.5, 0.6) is 0 Å². The van der Waals surface area contributed by atoms with Gasteiger partial charge in [0.05, 0.1) is 30.5 Å². The Morgan fingerprint density at radius 2 is 1.74 bits per heavy atom. The topological polar surface area (TPSA) is 125 Å². The number of ether oxygens (including phenoxy) is 1. The number of aromatic amines is 1. The van der Waals surface area contributed by atoms with Gasteiger partial charge in [-0.15, -0.1) is 0 Å². The van der Waals surface area contributed by atoms with E-state index in [0.29, 0.717) is 99.4 Å². The largest absolute Gasteiger partial charge is 0.378 e. The number of aromatic nitrogens is 6. The molecule has 0 atom stereocenters. The van der Waals surface area contributed by atoms with E-state index in [1.807, 2.05) is 4.90 Å². The van der Waals surface area contributed by atoms with Crippen molar-refractivity contribution >= 4 is 38.2 Å². The summed E-state index contributed by atoms with van der Waals surface area (Å²) in [5, 5.41) is 0. The minimum absolute atomic E-state index is 0.269. The Morgan fingerprint density at radius 1 is 1.00 bits per heavy atom. The number of fused-ring (bicyclic) bond motifs is 2. The summed E-state index contributed by atoms with van der Waals surface area (Å²) >= 11 is 0. The van der Waals surface area contributed by atoms with Crippen LogP contribution < -0.4 is 4.90 Å². The van der Waals surface area contributed by atoms with Crippen molar-refractivity contribution in [3.8, 4) is 5.82 Å². The maximum atomic E-state index is 14.2. The molecular formula is C24H29F2N9O3S. The van der Waals surface area contributed by atoms with E-state index in [0.717, 1.165) is 0 Å². The fourth-order valence-electron chi connectivity index (χ4n) is 5.07. The monoisotopic (exact) mass is 561 g/mol. The van der Waals surface area contributed by atoms with Crippen LogP contribution in [0.4, 0.5) is 14.7 Å². The third kappa shape index (κ3) is 5.18. The van der Waals surface area contributed by atoms with Gasteiger partial charge in [-0.25, -0.2) is 27.2 Å². The maximum Gasteiger partial charge on any atom is 0.296 e. The zero-order valence-corrected chi connectivity index (χ0v) is 22.2. The lowest BCUT2D eigenvalue weighted by Crippen LogP contribution is -2.48. The predicted octanol–water partition coefficient (Wildman–Crippen LogP) is 1.59. The normalized spacial score (nSPS) is 18.1. The smallest absolute Gasteiger partial charge is 0.296 e. The highest BCUT2D eigenvalue weighted by Crippen LogP contribution is 2.31. The molecule has 6 rings (SSSR count). The average molecular weight is 562 g/mol. The first-order valence-corrected chi connectivity index (χ1v) is 14.7. The van der Waals surface area contributed by atoms with Crippen LogP contribution in [0.25, 0.3) is 28.0 Å². The lowest BCUT2D eigenvalue weighted by molar-refractivity contribution is 0.122. The van der Waals surface area contributed by atoms with Gasteiger partial charge in [0.15, 0.2) is 17.3 Å². The zero-order valence-electron chi connectivity index (χ0n) is 21.4. The predicted molar refractivity (Wildman–Crippen MR) is 141 cm³/mol. The van der Waals surface area contributed by atoms with Crippen LogP contribution in [-0.4, -0.2) is 112 Å². The second-order valence-electron chi connectivity index (χ2n) is 9.68. The molecule has 1 aromatic carbocycles. The van der Waals surface area contributed by atoms with Gasteiger partial charge in [0.25, 0.3) is 6.43 Å². The number of morpholine rings is 1. The van der Waals surface area contributed by atoms with E-state index >= 15 is 0 Å². The number of hydrogen-bond donors (Lipinski definition) is 1. The summed E-state index contributed by atoms with van der Waals surface area (Å²) in [5.74, 6) is 0.914. The Bertz CT molecular complexity index is 1590. The number of sulfonamides is 1. The number of imidazole rings is 2. The van der Waals surface area contributed by atoms with Crippen molar-refractivity contribution in [3.05, 3.63) is 35.9 Å². The van der Waals surface area contributed by atoms with Gasteiger partial charge in [-0.05, 0) is 12.1 Å². The second kappa shape index (κ2) is 10.4. The highest BCUT2D eigenvalue weighted by Gasteiger charge is 2.27. The quantitative estimate of drug-likeness (QED) is 0.358. The molecule has 5 heterocycles. The third-order valence-electron chi connectivity index (χ3n) is 7.12. The van der Waals surface area contributed by atoms with E-state index in [1.54, 1.807) is 24.3 Å². The van der Waals surface area contributed by atoms with Crippen LogP contribution in [0.2, 0.25) is 0 Å². The minimum atomic E-state index is -3.20.